The van der Waals surface area contributed by atoms with Gasteiger partial charge in [0.1, 0.15) is 5.75 Å². The smallest absolute Gasteiger partial charge is 0.254 e. The molecule has 1 amide bonds. The molecule has 0 radical (unpaired) electrons. The summed E-state index contributed by atoms with van der Waals surface area (Å²) in [5.74, 6) is 0.857. The summed E-state index contributed by atoms with van der Waals surface area (Å²) in [6.45, 7) is 4.02. The second kappa shape index (κ2) is 8.90. The van der Waals surface area contributed by atoms with Gasteiger partial charge in [-0.3, -0.25) is 4.79 Å². The number of carbonyl (C=O) groups excluding carboxylic acids is 1. The topological polar surface area (TPSA) is 55.6 Å². The van der Waals surface area contributed by atoms with Crippen molar-refractivity contribution in [2.45, 2.75) is 38.6 Å². The first kappa shape index (κ1) is 17.8. The van der Waals surface area contributed by atoms with E-state index < -0.39 is 0 Å². The third-order valence-electron chi connectivity index (χ3n) is 3.78. The number of nitrogens with two attached hydrogens (primary N) is 1. The Balaban J connectivity index is 0.00000220. The summed E-state index contributed by atoms with van der Waals surface area (Å²) in [5.41, 5.74) is 6.37. The monoisotopic (exact) mass is 312 g/mol. The van der Waals surface area contributed by atoms with Gasteiger partial charge in [-0.15, -0.1) is 12.4 Å². The van der Waals surface area contributed by atoms with Crippen molar-refractivity contribution in [2.75, 3.05) is 19.7 Å². The molecule has 0 saturated carbocycles. The van der Waals surface area contributed by atoms with E-state index in [4.69, 9.17) is 10.5 Å². The normalized spacial score (nSPS) is 18.0. The van der Waals surface area contributed by atoms with Crippen LogP contribution in [0, 0.1) is 0 Å². The number of carbonyl (C=O) groups is 1. The van der Waals surface area contributed by atoms with Crippen LogP contribution in [0.4, 0.5) is 0 Å². The van der Waals surface area contributed by atoms with Crippen LogP contribution in [0.5, 0.6) is 5.75 Å². The molecule has 5 heteroatoms. The van der Waals surface area contributed by atoms with E-state index in [1.54, 1.807) is 0 Å². The van der Waals surface area contributed by atoms with E-state index in [-0.39, 0.29) is 24.4 Å². The van der Waals surface area contributed by atoms with E-state index in [1.807, 2.05) is 36.1 Å². The van der Waals surface area contributed by atoms with Crippen LogP contribution in [0.2, 0.25) is 0 Å². The molecule has 118 valence electrons. The summed E-state index contributed by atoms with van der Waals surface area (Å²) in [6.07, 6.45) is 4.22. The van der Waals surface area contributed by atoms with Crippen molar-refractivity contribution in [1.29, 1.82) is 0 Å². The van der Waals surface area contributed by atoms with Crippen LogP contribution in [-0.2, 0) is 0 Å². The maximum atomic E-state index is 12.7. The van der Waals surface area contributed by atoms with Crippen LogP contribution < -0.4 is 10.5 Å². The summed E-state index contributed by atoms with van der Waals surface area (Å²) >= 11 is 0. The van der Waals surface area contributed by atoms with Crippen molar-refractivity contribution in [3.63, 3.8) is 0 Å². The van der Waals surface area contributed by atoms with Crippen LogP contribution in [0.25, 0.3) is 0 Å². The van der Waals surface area contributed by atoms with E-state index in [1.165, 1.54) is 6.42 Å². The number of benzene rings is 1. The molecule has 1 atom stereocenters. The van der Waals surface area contributed by atoms with Gasteiger partial charge in [-0.2, -0.15) is 0 Å². The highest BCUT2D eigenvalue weighted by Crippen LogP contribution is 2.23. The van der Waals surface area contributed by atoms with Crippen LogP contribution in [-0.4, -0.2) is 36.5 Å². The highest BCUT2D eigenvalue weighted by molar-refractivity contribution is 5.94. The Morgan fingerprint density at radius 1 is 1.43 bits per heavy atom. The minimum absolute atomic E-state index is 0. The fraction of sp³-hybridized carbons (Fsp3) is 0.562. The van der Waals surface area contributed by atoms with Gasteiger partial charge >= 0.3 is 0 Å². The van der Waals surface area contributed by atoms with Crippen molar-refractivity contribution in [2.24, 2.45) is 5.73 Å². The predicted octanol–water partition coefficient (Wildman–Crippen LogP) is 2.85. The first-order valence-corrected chi connectivity index (χ1v) is 7.50. The Bertz CT molecular complexity index is 452. The standard InChI is InChI=1S/C16H24N2O2.ClH/c1-2-20-15-8-5-6-13(12-15)16(19)18-11-4-3-7-14(18)9-10-17;/h5-6,8,12,14H,2-4,7,9-11,17H2,1H3;1H. The maximum Gasteiger partial charge on any atom is 0.254 e. The van der Waals surface area contributed by atoms with E-state index in [0.717, 1.165) is 31.6 Å². The summed E-state index contributed by atoms with van der Waals surface area (Å²) in [4.78, 5) is 14.7. The molecule has 1 aliphatic rings. The molecule has 2 rings (SSSR count). The fourth-order valence-electron chi connectivity index (χ4n) is 2.81. The van der Waals surface area contributed by atoms with Crippen LogP contribution in [0.15, 0.2) is 24.3 Å². The molecule has 0 spiro atoms. The van der Waals surface area contributed by atoms with Gasteiger partial charge < -0.3 is 15.4 Å². The largest absolute Gasteiger partial charge is 0.494 e. The third kappa shape index (κ3) is 4.61. The van der Waals surface area contributed by atoms with Crippen molar-refractivity contribution < 1.29 is 9.53 Å². The van der Waals surface area contributed by atoms with Crippen molar-refractivity contribution >= 4 is 18.3 Å². The molecule has 1 heterocycles. The number of ether oxygens (including phenoxy) is 1. The molecule has 1 aromatic rings. The number of nitrogens with zero attached hydrogens (tertiary/aromatic N) is 1. The Hall–Kier alpha value is -1.26. The lowest BCUT2D eigenvalue weighted by molar-refractivity contribution is 0.0604. The lowest BCUT2D eigenvalue weighted by Crippen LogP contribution is -2.44. The molecule has 0 aliphatic carbocycles. The molecule has 0 aromatic heterocycles. The summed E-state index contributed by atoms with van der Waals surface area (Å²) in [6, 6.07) is 7.74. The zero-order valence-electron chi connectivity index (χ0n) is 12.6. The SMILES string of the molecule is CCOc1cccc(C(=O)N2CCCCC2CCN)c1.Cl. The van der Waals surface area contributed by atoms with Crippen molar-refractivity contribution in [3.8, 4) is 5.75 Å². The Morgan fingerprint density at radius 2 is 2.24 bits per heavy atom. The van der Waals surface area contributed by atoms with Gasteiger partial charge in [0.05, 0.1) is 6.61 Å². The van der Waals surface area contributed by atoms with E-state index in [9.17, 15) is 4.79 Å². The zero-order chi connectivity index (χ0) is 14.4. The number of hydrogen-bond acceptors (Lipinski definition) is 3. The van der Waals surface area contributed by atoms with Crippen LogP contribution in [0.3, 0.4) is 0 Å². The number of halogens is 1. The average molecular weight is 313 g/mol. The molecule has 1 saturated heterocycles. The van der Waals surface area contributed by atoms with Crippen LogP contribution in [0.1, 0.15) is 43.0 Å². The second-order valence-electron chi connectivity index (χ2n) is 5.19. The lowest BCUT2D eigenvalue weighted by atomic mass is 9.98. The Morgan fingerprint density at radius 3 is 2.95 bits per heavy atom. The highest BCUT2D eigenvalue weighted by Gasteiger charge is 2.26. The summed E-state index contributed by atoms with van der Waals surface area (Å²) in [5, 5.41) is 0. The predicted molar refractivity (Wildman–Crippen MR) is 87.2 cm³/mol. The Labute approximate surface area is 133 Å². The lowest BCUT2D eigenvalue weighted by Gasteiger charge is -2.35. The first-order chi connectivity index (χ1) is 9.76. The quantitative estimate of drug-likeness (QED) is 0.909. The van der Waals surface area contributed by atoms with Crippen molar-refractivity contribution in [3.05, 3.63) is 29.8 Å². The summed E-state index contributed by atoms with van der Waals surface area (Å²) in [7, 11) is 0. The van der Waals surface area contributed by atoms with Gasteiger partial charge in [0.15, 0.2) is 0 Å². The molecule has 21 heavy (non-hydrogen) atoms. The molecule has 2 N–H and O–H groups in total. The van der Waals surface area contributed by atoms with E-state index in [0.29, 0.717) is 18.7 Å². The fourth-order valence-corrected chi connectivity index (χ4v) is 2.81. The molecule has 1 aromatic carbocycles. The molecule has 0 bridgehead atoms. The van der Waals surface area contributed by atoms with Gasteiger partial charge in [0, 0.05) is 18.2 Å². The van der Waals surface area contributed by atoms with E-state index in [2.05, 4.69) is 0 Å². The van der Waals surface area contributed by atoms with Gasteiger partial charge in [0.2, 0.25) is 0 Å². The number of rotatable bonds is 5. The highest BCUT2D eigenvalue weighted by atomic mass is 35.5. The maximum absolute atomic E-state index is 12.7. The molecular formula is C16H25ClN2O2. The minimum Gasteiger partial charge on any atom is -0.494 e. The number of amides is 1. The van der Waals surface area contributed by atoms with Crippen molar-refractivity contribution in [1.82, 2.24) is 4.90 Å². The first-order valence-electron chi connectivity index (χ1n) is 7.50. The molecule has 4 nitrogen and oxygen atoms in total. The summed E-state index contributed by atoms with van der Waals surface area (Å²) < 4.78 is 5.47. The number of hydrogen-bond donors (Lipinski definition) is 1. The minimum atomic E-state index is 0. The Kier molecular flexibility index (Phi) is 7.54. The van der Waals surface area contributed by atoms with Gasteiger partial charge in [-0.25, -0.2) is 0 Å². The second-order valence-corrected chi connectivity index (χ2v) is 5.19. The number of piperidine rings is 1. The van der Waals surface area contributed by atoms with Gasteiger partial charge in [-0.05, 0) is 57.4 Å². The third-order valence-corrected chi connectivity index (χ3v) is 3.78. The molecule has 1 unspecified atom stereocenters. The van der Waals surface area contributed by atoms with E-state index >= 15 is 0 Å². The average Bonchev–Trinajstić information content (AvgIpc) is 2.48. The van der Waals surface area contributed by atoms with Crippen LogP contribution >= 0.6 is 12.4 Å². The molecule has 1 aliphatic heterocycles. The zero-order valence-corrected chi connectivity index (χ0v) is 13.4. The van der Waals surface area contributed by atoms with Gasteiger partial charge in [-0.1, -0.05) is 6.07 Å². The molecular weight excluding hydrogens is 288 g/mol. The number of likely N-dealkylation sites (tertiary alicyclic amines) is 1. The van der Waals surface area contributed by atoms with Gasteiger partial charge in [0.25, 0.3) is 5.91 Å². The molecule has 1 fully saturated rings.